The van der Waals surface area contributed by atoms with Crippen molar-refractivity contribution in [1.82, 2.24) is 9.89 Å². The maximum absolute atomic E-state index is 4.16. The fraction of sp³-hybridized carbons (Fsp3) is 0. The molecule has 4 nitrogen and oxygen atoms in total. The molecule has 3 rings (SSSR count). The number of aromatic nitrogens is 2. The average molecular weight is 221 g/mol. The van der Waals surface area contributed by atoms with Crippen LogP contribution in [0.25, 0.3) is 10.9 Å². The zero-order chi connectivity index (χ0) is 11.5. The molecule has 4 heteroatoms. The highest BCUT2D eigenvalue weighted by Crippen LogP contribution is 2.14. The Morgan fingerprint density at radius 2 is 1.88 bits per heavy atom. The van der Waals surface area contributed by atoms with Crippen LogP contribution < -0.4 is 0 Å². The van der Waals surface area contributed by atoms with Crippen molar-refractivity contribution >= 4 is 16.6 Å². The molecule has 0 aliphatic heterocycles. The van der Waals surface area contributed by atoms with Crippen LogP contribution in [0.4, 0.5) is 5.69 Å². The van der Waals surface area contributed by atoms with Gasteiger partial charge in [0.2, 0.25) is 0 Å². The van der Waals surface area contributed by atoms with Crippen LogP contribution in [0.15, 0.2) is 65.1 Å². The summed E-state index contributed by atoms with van der Waals surface area (Å²) in [5, 5.41) is 13.4. The lowest BCUT2D eigenvalue weighted by atomic mass is 10.3. The summed E-state index contributed by atoms with van der Waals surface area (Å²) >= 11 is 0. The van der Waals surface area contributed by atoms with Gasteiger partial charge in [-0.3, -0.25) is 0 Å². The second-order valence-corrected chi connectivity index (χ2v) is 3.54. The topological polar surface area (TPSA) is 42.5 Å². The predicted molar refractivity (Wildman–Crippen MR) is 64.9 cm³/mol. The monoisotopic (exact) mass is 221 g/mol. The number of nitrogens with zero attached hydrogens (tertiary/aromatic N) is 4. The van der Waals surface area contributed by atoms with E-state index in [1.807, 2.05) is 36.4 Å². The van der Waals surface area contributed by atoms with Gasteiger partial charge in [0.05, 0.1) is 17.4 Å². The van der Waals surface area contributed by atoms with Gasteiger partial charge in [-0.05, 0) is 29.5 Å². The van der Waals surface area contributed by atoms with Crippen molar-refractivity contribution in [3.05, 3.63) is 60.8 Å². The summed E-state index contributed by atoms with van der Waals surface area (Å²) in [5.74, 6) is 0. The Balaban J connectivity index is 1.98. The van der Waals surface area contributed by atoms with Gasteiger partial charge in [0, 0.05) is 5.39 Å². The fourth-order valence-electron chi connectivity index (χ4n) is 1.57. The molecule has 1 radical (unpaired) electrons. The van der Waals surface area contributed by atoms with Crippen molar-refractivity contribution in [2.24, 2.45) is 10.3 Å². The molecule has 1 aromatic heterocycles. The molecule has 1 heterocycles. The molecule has 3 aromatic rings. The first-order chi connectivity index (χ1) is 8.43. The average Bonchev–Trinajstić information content (AvgIpc) is 2.81. The van der Waals surface area contributed by atoms with E-state index in [1.54, 1.807) is 18.3 Å². The van der Waals surface area contributed by atoms with Gasteiger partial charge in [0.25, 0.3) is 0 Å². The SMILES string of the molecule is [c]1ccc(N=Nn2ncc3ccccc32)cc1. The van der Waals surface area contributed by atoms with E-state index in [-0.39, 0.29) is 0 Å². The quantitative estimate of drug-likeness (QED) is 0.611. The largest absolute Gasteiger partial charge is 0.156 e. The van der Waals surface area contributed by atoms with Crippen LogP contribution in [0.1, 0.15) is 0 Å². The summed E-state index contributed by atoms with van der Waals surface area (Å²) in [6, 6.07) is 18.1. The number of benzene rings is 2. The summed E-state index contributed by atoms with van der Waals surface area (Å²) in [6.45, 7) is 0. The number of hydrogen-bond acceptors (Lipinski definition) is 3. The summed E-state index contributed by atoms with van der Waals surface area (Å²) in [6.07, 6.45) is 1.77. The Hall–Kier alpha value is -2.49. The number of fused-ring (bicyclic) bond motifs is 1. The molecule has 0 aliphatic rings. The van der Waals surface area contributed by atoms with E-state index in [4.69, 9.17) is 0 Å². The lowest BCUT2D eigenvalue weighted by Crippen LogP contribution is -1.87. The van der Waals surface area contributed by atoms with Gasteiger partial charge in [-0.1, -0.05) is 30.3 Å². The van der Waals surface area contributed by atoms with E-state index in [9.17, 15) is 0 Å². The molecule has 17 heavy (non-hydrogen) atoms. The fourth-order valence-corrected chi connectivity index (χ4v) is 1.57. The molecule has 0 N–H and O–H groups in total. The Kier molecular flexibility index (Phi) is 2.38. The third-order valence-electron chi connectivity index (χ3n) is 2.40. The number of rotatable bonds is 2. The molecule has 0 bridgehead atoms. The van der Waals surface area contributed by atoms with Crippen LogP contribution in [0, 0.1) is 6.07 Å². The standard InChI is InChI=1S/C13H9N4/c1-2-7-12(8-3-1)15-16-17-13-9-5-4-6-11(13)10-14-17/h2-10H. The van der Waals surface area contributed by atoms with Crippen molar-refractivity contribution in [2.75, 3.05) is 0 Å². The zero-order valence-electron chi connectivity index (χ0n) is 8.99. The van der Waals surface area contributed by atoms with Gasteiger partial charge in [-0.25, -0.2) is 0 Å². The predicted octanol–water partition coefficient (Wildman–Crippen LogP) is 3.38. The Bertz CT molecular complexity index is 655. The van der Waals surface area contributed by atoms with Gasteiger partial charge in [0.15, 0.2) is 0 Å². The summed E-state index contributed by atoms with van der Waals surface area (Å²) in [4.78, 5) is 1.52. The van der Waals surface area contributed by atoms with E-state index < -0.39 is 0 Å². The maximum atomic E-state index is 4.16. The molecule has 0 aliphatic carbocycles. The van der Waals surface area contributed by atoms with Crippen molar-refractivity contribution in [3.8, 4) is 0 Å². The van der Waals surface area contributed by atoms with Crippen molar-refractivity contribution in [1.29, 1.82) is 0 Å². The highest BCUT2D eigenvalue weighted by atomic mass is 15.6. The van der Waals surface area contributed by atoms with Crippen LogP contribution in [-0.4, -0.2) is 9.89 Å². The Morgan fingerprint density at radius 3 is 2.76 bits per heavy atom. The number of para-hydroxylation sites is 1. The molecule has 0 saturated heterocycles. The van der Waals surface area contributed by atoms with Gasteiger partial charge < -0.3 is 0 Å². The molecular formula is C13H9N4. The Morgan fingerprint density at radius 1 is 1.06 bits per heavy atom. The van der Waals surface area contributed by atoms with E-state index in [0.29, 0.717) is 0 Å². The van der Waals surface area contributed by atoms with Crippen molar-refractivity contribution in [3.63, 3.8) is 0 Å². The first-order valence-corrected chi connectivity index (χ1v) is 5.24. The molecule has 0 spiro atoms. The van der Waals surface area contributed by atoms with Gasteiger partial charge in [-0.2, -0.15) is 5.10 Å². The molecule has 0 atom stereocenters. The van der Waals surface area contributed by atoms with E-state index in [2.05, 4.69) is 21.5 Å². The molecule has 0 unspecified atom stereocenters. The minimum absolute atomic E-state index is 0.781. The van der Waals surface area contributed by atoms with Crippen LogP contribution >= 0.6 is 0 Å². The second kappa shape index (κ2) is 4.17. The van der Waals surface area contributed by atoms with Gasteiger partial charge >= 0.3 is 0 Å². The van der Waals surface area contributed by atoms with Gasteiger partial charge in [0.1, 0.15) is 0 Å². The normalized spacial score (nSPS) is 11.3. The first kappa shape index (κ1) is 9.72. The smallest absolute Gasteiger partial charge is 0.0962 e. The molecule has 2 aromatic carbocycles. The van der Waals surface area contributed by atoms with E-state index >= 15 is 0 Å². The van der Waals surface area contributed by atoms with Crippen molar-refractivity contribution in [2.45, 2.75) is 0 Å². The van der Waals surface area contributed by atoms with Crippen LogP contribution in [0.2, 0.25) is 0 Å². The van der Waals surface area contributed by atoms with E-state index in [0.717, 1.165) is 16.6 Å². The lowest BCUT2D eigenvalue weighted by molar-refractivity contribution is 0.717. The highest BCUT2D eigenvalue weighted by Gasteiger charge is 1.99. The lowest BCUT2D eigenvalue weighted by Gasteiger charge is -1.93. The third kappa shape index (κ3) is 1.92. The summed E-state index contributed by atoms with van der Waals surface area (Å²) in [7, 11) is 0. The van der Waals surface area contributed by atoms with Crippen LogP contribution in [0.5, 0.6) is 0 Å². The minimum atomic E-state index is 0.781. The first-order valence-electron chi connectivity index (χ1n) is 5.24. The minimum Gasteiger partial charge on any atom is -0.156 e. The highest BCUT2D eigenvalue weighted by molar-refractivity contribution is 5.78. The van der Waals surface area contributed by atoms with E-state index in [1.165, 1.54) is 4.79 Å². The molecule has 0 amide bonds. The van der Waals surface area contributed by atoms with Crippen LogP contribution in [-0.2, 0) is 0 Å². The molecular weight excluding hydrogens is 212 g/mol. The van der Waals surface area contributed by atoms with Crippen molar-refractivity contribution < 1.29 is 0 Å². The third-order valence-corrected chi connectivity index (χ3v) is 2.40. The molecule has 81 valence electrons. The van der Waals surface area contributed by atoms with Crippen LogP contribution in [0.3, 0.4) is 0 Å². The maximum Gasteiger partial charge on any atom is 0.0962 e. The second-order valence-electron chi connectivity index (χ2n) is 3.54. The molecule has 0 saturated carbocycles. The number of hydrogen-bond donors (Lipinski definition) is 0. The summed E-state index contributed by atoms with van der Waals surface area (Å²) < 4.78 is 0. The summed E-state index contributed by atoms with van der Waals surface area (Å²) in [5.41, 5.74) is 1.72. The van der Waals surface area contributed by atoms with Gasteiger partial charge in [-0.15, -0.1) is 9.91 Å². The zero-order valence-corrected chi connectivity index (χ0v) is 8.99. The molecule has 0 fully saturated rings. The Labute approximate surface area is 98.2 Å².